The largest absolute Gasteiger partial charge is 0.483 e. The summed E-state index contributed by atoms with van der Waals surface area (Å²) in [7, 11) is -3.68. The van der Waals surface area contributed by atoms with Gasteiger partial charge in [-0.15, -0.1) is 0 Å². The lowest BCUT2D eigenvalue weighted by molar-refractivity contribution is -0.125. The molecule has 13 heteroatoms. The Labute approximate surface area is 244 Å². The van der Waals surface area contributed by atoms with E-state index in [1.165, 1.54) is 0 Å². The number of aromatic nitrogens is 3. The summed E-state index contributed by atoms with van der Waals surface area (Å²) in [4.78, 5) is 40.7. The van der Waals surface area contributed by atoms with Crippen LogP contribution in [-0.2, 0) is 19.6 Å². The first-order valence-electron chi connectivity index (χ1n) is 13.9. The van der Waals surface area contributed by atoms with Crippen LogP contribution in [0.15, 0.2) is 59.6 Å². The van der Waals surface area contributed by atoms with Crippen molar-refractivity contribution in [1.29, 1.82) is 0 Å². The molecule has 3 aliphatic rings. The molecule has 0 bridgehead atoms. The lowest BCUT2D eigenvalue weighted by atomic mass is 9.90. The molecule has 222 valence electrons. The number of carboxylic acid groups (broad SMARTS) is 1. The Morgan fingerprint density at radius 3 is 2.43 bits per heavy atom. The van der Waals surface area contributed by atoms with Gasteiger partial charge in [-0.25, -0.2) is 13.1 Å². The summed E-state index contributed by atoms with van der Waals surface area (Å²) >= 11 is 0. The van der Waals surface area contributed by atoms with Gasteiger partial charge in [0, 0.05) is 42.7 Å². The van der Waals surface area contributed by atoms with E-state index in [9.17, 15) is 18.0 Å². The fourth-order valence-electron chi connectivity index (χ4n) is 5.89. The molecule has 2 amide bonds. The summed E-state index contributed by atoms with van der Waals surface area (Å²) in [6.07, 6.45) is 5.67. The Morgan fingerprint density at radius 1 is 1.07 bits per heavy atom. The van der Waals surface area contributed by atoms with Crippen LogP contribution in [0.4, 0.5) is 0 Å². The minimum Gasteiger partial charge on any atom is -0.483 e. The number of H-pyrrole nitrogens is 1. The highest BCUT2D eigenvalue weighted by Gasteiger charge is 2.65. The molecule has 12 nitrogen and oxygen atoms in total. The summed E-state index contributed by atoms with van der Waals surface area (Å²) in [6, 6.07) is 13.4. The standard InChI is InChI=1S/C28H32N6O4S.CH2O2/c1-18-9-11-19(12-10-18)39(37,38)33-23-8-3-2-7-22(23)30-26(35)20-15-28(20)16-34(17-28)27(36)25-14-24(31-32-25)21-6-4-5-13-29-21;2-1-3/h4-6,9-14,20,22-23,33H,2-3,7-8,15-17H2,1H3,(H,30,35)(H,31,32);1H,(H,2,3)/t20?,22-,23-;/m1./s1. The topological polar surface area (TPSA) is 174 Å². The van der Waals surface area contributed by atoms with Crippen molar-refractivity contribution in [2.75, 3.05) is 13.1 Å². The maximum atomic E-state index is 13.2. The fourth-order valence-corrected chi connectivity index (χ4v) is 7.20. The second kappa shape index (κ2) is 12.0. The molecule has 2 saturated carbocycles. The number of likely N-dealkylation sites (tertiary alicyclic amines) is 1. The van der Waals surface area contributed by atoms with Crippen LogP contribution in [0.25, 0.3) is 11.4 Å². The van der Waals surface area contributed by atoms with E-state index in [0.29, 0.717) is 36.6 Å². The van der Waals surface area contributed by atoms with Crippen LogP contribution in [0.1, 0.15) is 48.2 Å². The molecule has 1 aliphatic heterocycles. The van der Waals surface area contributed by atoms with Crippen molar-refractivity contribution in [3.05, 3.63) is 66.0 Å². The number of rotatable bonds is 7. The Balaban J connectivity index is 0.00000113. The first kappa shape index (κ1) is 29.4. The molecule has 42 heavy (non-hydrogen) atoms. The van der Waals surface area contributed by atoms with E-state index >= 15 is 0 Å². The third kappa shape index (κ3) is 6.21. The normalized spacial score (nSPS) is 22.3. The number of carbonyl (C=O) groups excluding carboxylic acids is 2. The lowest BCUT2D eigenvalue weighted by Gasteiger charge is -2.40. The molecule has 1 spiro atoms. The van der Waals surface area contributed by atoms with Crippen LogP contribution in [0.3, 0.4) is 0 Å². The molecule has 3 fully saturated rings. The third-order valence-corrected chi connectivity index (χ3v) is 9.78. The highest BCUT2D eigenvalue weighted by molar-refractivity contribution is 7.89. The van der Waals surface area contributed by atoms with Gasteiger partial charge < -0.3 is 15.3 Å². The maximum Gasteiger partial charge on any atom is 0.290 e. The number of hydrogen-bond donors (Lipinski definition) is 4. The van der Waals surface area contributed by atoms with Crippen LogP contribution in [0, 0.1) is 18.3 Å². The third-order valence-electron chi connectivity index (χ3n) is 8.27. The summed E-state index contributed by atoms with van der Waals surface area (Å²) < 4.78 is 28.8. The van der Waals surface area contributed by atoms with E-state index in [0.717, 1.165) is 31.2 Å². The molecule has 1 aromatic carbocycles. The van der Waals surface area contributed by atoms with Gasteiger partial charge in [0.05, 0.1) is 10.6 Å². The number of carbonyl (C=O) groups is 3. The van der Waals surface area contributed by atoms with E-state index in [4.69, 9.17) is 9.90 Å². The van der Waals surface area contributed by atoms with Gasteiger partial charge in [0.15, 0.2) is 0 Å². The minimum absolute atomic E-state index is 0.0486. The Kier molecular flexibility index (Phi) is 8.41. The number of hydrogen-bond acceptors (Lipinski definition) is 7. The summed E-state index contributed by atoms with van der Waals surface area (Å²) in [5, 5.41) is 17.1. The van der Waals surface area contributed by atoms with E-state index in [1.807, 2.05) is 25.1 Å². The van der Waals surface area contributed by atoms with Crippen LogP contribution < -0.4 is 10.0 Å². The summed E-state index contributed by atoms with van der Waals surface area (Å²) in [6.45, 7) is 2.71. The molecule has 3 atom stereocenters. The van der Waals surface area contributed by atoms with Gasteiger partial charge in [-0.3, -0.25) is 24.5 Å². The number of aromatic amines is 1. The van der Waals surface area contributed by atoms with Gasteiger partial charge in [-0.05, 0) is 56.5 Å². The highest BCUT2D eigenvalue weighted by atomic mass is 32.2. The molecule has 2 aliphatic carbocycles. The van der Waals surface area contributed by atoms with Crippen LogP contribution in [0.2, 0.25) is 0 Å². The van der Waals surface area contributed by atoms with Crippen LogP contribution in [-0.4, -0.2) is 77.1 Å². The van der Waals surface area contributed by atoms with Crippen molar-refractivity contribution in [3.63, 3.8) is 0 Å². The second-order valence-corrected chi connectivity index (χ2v) is 12.9. The molecular weight excluding hydrogens is 560 g/mol. The minimum atomic E-state index is -3.68. The first-order chi connectivity index (χ1) is 20.2. The summed E-state index contributed by atoms with van der Waals surface area (Å²) in [5.41, 5.74) is 2.50. The van der Waals surface area contributed by atoms with Crippen molar-refractivity contribution in [2.45, 2.75) is 56.0 Å². The zero-order chi connectivity index (χ0) is 29.9. The van der Waals surface area contributed by atoms with E-state index in [2.05, 4.69) is 25.2 Å². The van der Waals surface area contributed by atoms with Gasteiger partial charge in [-0.1, -0.05) is 36.6 Å². The van der Waals surface area contributed by atoms with Crippen molar-refractivity contribution in [1.82, 2.24) is 30.1 Å². The number of aryl methyl sites for hydroxylation is 1. The van der Waals surface area contributed by atoms with Gasteiger partial charge in [0.25, 0.3) is 12.4 Å². The van der Waals surface area contributed by atoms with Crippen molar-refractivity contribution >= 4 is 28.3 Å². The Hall–Kier alpha value is -4.10. The average molecular weight is 595 g/mol. The fraction of sp³-hybridized carbons (Fsp3) is 0.414. The maximum absolute atomic E-state index is 13.2. The molecule has 1 unspecified atom stereocenters. The molecule has 1 saturated heterocycles. The zero-order valence-corrected chi connectivity index (χ0v) is 24.0. The van der Waals surface area contributed by atoms with Gasteiger partial charge in [0.1, 0.15) is 11.4 Å². The Morgan fingerprint density at radius 2 is 1.76 bits per heavy atom. The molecule has 0 radical (unpaired) electrons. The van der Waals surface area contributed by atoms with Crippen LogP contribution >= 0.6 is 0 Å². The number of nitrogens with zero attached hydrogens (tertiary/aromatic N) is 3. The SMILES string of the molecule is Cc1ccc(S(=O)(=O)N[C@@H]2CCCC[C@H]2NC(=O)C2CC23CN(C(=O)c2cc(-c4ccccn4)n[nH]2)C3)cc1.O=CO. The van der Waals surface area contributed by atoms with E-state index in [1.54, 1.807) is 41.4 Å². The molecule has 3 heterocycles. The van der Waals surface area contributed by atoms with Gasteiger partial charge in [-0.2, -0.15) is 5.10 Å². The van der Waals surface area contributed by atoms with Crippen molar-refractivity contribution in [2.24, 2.45) is 11.3 Å². The number of amides is 2. The molecule has 6 rings (SSSR count). The molecule has 3 aromatic rings. The number of nitrogens with one attached hydrogen (secondary N) is 3. The predicted molar refractivity (Wildman–Crippen MR) is 153 cm³/mol. The van der Waals surface area contributed by atoms with E-state index in [-0.39, 0.29) is 46.6 Å². The van der Waals surface area contributed by atoms with Crippen molar-refractivity contribution in [3.8, 4) is 11.4 Å². The molecule has 4 N–H and O–H groups in total. The second-order valence-electron chi connectivity index (χ2n) is 11.2. The zero-order valence-electron chi connectivity index (χ0n) is 23.2. The predicted octanol–water partition coefficient (Wildman–Crippen LogP) is 2.35. The monoisotopic (exact) mass is 594 g/mol. The smallest absolute Gasteiger partial charge is 0.290 e. The summed E-state index contributed by atoms with van der Waals surface area (Å²) in [5.74, 6) is -0.351. The average Bonchev–Trinajstić information content (AvgIpc) is 3.53. The molecule has 2 aromatic heterocycles. The highest BCUT2D eigenvalue weighted by Crippen LogP contribution is 2.59. The Bertz CT molecular complexity index is 1540. The molecular formula is C29H34N6O6S. The lowest BCUT2D eigenvalue weighted by Crippen LogP contribution is -2.56. The quantitative estimate of drug-likeness (QED) is 0.302. The van der Waals surface area contributed by atoms with E-state index < -0.39 is 10.0 Å². The number of pyridine rings is 1. The van der Waals surface area contributed by atoms with Crippen molar-refractivity contribution < 1.29 is 27.9 Å². The number of benzene rings is 1. The van der Waals surface area contributed by atoms with Gasteiger partial charge >= 0.3 is 0 Å². The van der Waals surface area contributed by atoms with Gasteiger partial charge in [0.2, 0.25) is 15.9 Å². The number of sulfonamides is 1. The van der Waals surface area contributed by atoms with Crippen LogP contribution in [0.5, 0.6) is 0 Å². The first-order valence-corrected chi connectivity index (χ1v) is 15.4.